The van der Waals surface area contributed by atoms with Crippen LogP contribution in [-0.2, 0) is 9.53 Å². The number of fused-ring (bicyclic) bond motifs is 5. The Morgan fingerprint density at radius 1 is 1.31 bits per heavy atom. The van der Waals surface area contributed by atoms with Crippen LogP contribution in [0, 0.1) is 45.8 Å². The SMILES string of the molecule is CO[C@H]1C[C@@]2(C)[C@@H](CC[C@@H]3[C@@H]2C(=O)C[C@]2(C)/C(=C/C#N)CC[C@@H]32)C[C@@H]1O. The van der Waals surface area contributed by atoms with Crippen LogP contribution in [-0.4, -0.2) is 30.2 Å². The van der Waals surface area contributed by atoms with Gasteiger partial charge in [-0.3, -0.25) is 4.79 Å². The van der Waals surface area contributed by atoms with Crippen LogP contribution in [0.3, 0.4) is 0 Å². The average Bonchev–Trinajstić information content (AvgIpc) is 2.91. The number of rotatable bonds is 1. The second-order valence-electron chi connectivity index (χ2n) is 9.71. The van der Waals surface area contributed by atoms with Gasteiger partial charge in [0.25, 0.3) is 0 Å². The van der Waals surface area contributed by atoms with E-state index in [-0.39, 0.29) is 22.9 Å². The molecule has 0 saturated heterocycles. The summed E-state index contributed by atoms with van der Waals surface area (Å²) in [5.74, 6) is 1.81. The van der Waals surface area contributed by atoms with E-state index in [4.69, 9.17) is 10.00 Å². The molecule has 0 radical (unpaired) electrons. The number of ether oxygens (including phenoxy) is 1. The molecule has 0 bridgehead atoms. The van der Waals surface area contributed by atoms with Crippen LogP contribution in [0.5, 0.6) is 0 Å². The van der Waals surface area contributed by atoms with Crippen molar-refractivity contribution in [2.75, 3.05) is 7.11 Å². The quantitative estimate of drug-likeness (QED) is 0.727. The highest BCUT2D eigenvalue weighted by Crippen LogP contribution is 2.66. The number of Topliss-reactive ketones (excluding diaryl/α,β-unsaturated/α-hetero) is 1. The lowest BCUT2D eigenvalue weighted by atomic mass is 9.44. The van der Waals surface area contributed by atoms with E-state index in [0.717, 1.165) is 38.5 Å². The number of methoxy groups -OCH3 is 1. The highest BCUT2D eigenvalue weighted by molar-refractivity contribution is 5.85. The molecule has 4 saturated carbocycles. The van der Waals surface area contributed by atoms with Crippen molar-refractivity contribution in [1.29, 1.82) is 5.26 Å². The molecule has 4 fully saturated rings. The topological polar surface area (TPSA) is 70.3 Å². The molecule has 0 aromatic rings. The lowest BCUT2D eigenvalue weighted by Gasteiger charge is -2.60. The van der Waals surface area contributed by atoms with Gasteiger partial charge in [-0.2, -0.15) is 5.26 Å². The molecule has 142 valence electrons. The summed E-state index contributed by atoms with van der Waals surface area (Å²) in [4.78, 5) is 13.4. The van der Waals surface area contributed by atoms with Crippen molar-refractivity contribution < 1.29 is 14.6 Å². The van der Waals surface area contributed by atoms with Crippen molar-refractivity contribution in [3.05, 3.63) is 11.6 Å². The molecule has 0 aliphatic heterocycles. The number of nitriles is 1. The normalized spacial score (nSPS) is 52.1. The van der Waals surface area contributed by atoms with Crippen molar-refractivity contribution in [2.45, 2.75) is 71.0 Å². The minimum absolute atomic E-state index is 0.0665. The van der Waals surface area contributed by atoms with E-state index in [1.807, 2.05) is 0 Å². The Labute approximate surface area is 156 Å². The molecule has 4 nitrogen and oxygen atoms in total. The smallest absolute Gasteiger partial charge is 0.137 e. The molecule has 1 N–H and O–H groups in total. The van der Waals surface area contributed by atoms with Crippen molar-refractivity contribution in [3.8, 4) is 6.07 Å². The molecule has 26 heavy (non-hydrogen) atoms. The zero-order valence-corrected chi connectivity index (χ0v) is 16.2. The van der Waals surface area contributed by atoms with Crippen LogP contribution in [0.4, 0.5) is 0 Å². The van der Waals surface area contributed by atoms with Gasteiger partial charge in [0.2, 0.25) is 0 Å². The Bertz CT molecular complexity index is 679. The van der Waals surface area contributed by atoms with Crippen LogP contribution >= 0.6 is 0 Å². The Kier molecular flexibility index (Phi) is 4.32. The summed E-state index contributed by atoms with van der Waals surface area (Å²) >= 11 is 0. The van der Waals surface area contributed by atoms with E-state index < -0.39 is 6.10 Å². The minimum atomic E-state index is -0.407. The van der Waals surface area contributed by atoms with Gasteiger partial charge in [0.15, 0.2) is 0 Å². The average molecular weight is 357 g/mol. The zero-order valence-electron chi connectivity index (χ0n) is 16.2. The fraction of sp³-hybridized carbons (Fsp3) is 0.818. The fourth-order valence-electron chi connectivity index (χ4n) is 7.48. The van der Waals surface area contributed by atoms with Gasteiger partial charge in [-0.05, 0) is 67.1 Å². The molecule has 4 rings (SSSR count). The summed E-state index contributed by atoms with van der Waals surface area (Å²) in [6.07, 6.45) is 7.51. The first-order chi connectivity index (χ1) is 12.3. The van der Waals surface area contributed by atoms with Crippen molar-refractivity contribution in [1.82, 2.24) is 0 Å². The number of allylic oxidation sites excluding steroid dienone is 2. The predicted molar refractivity (Wildman–Crippen MR) is 98.0 cm³/mol. The highest BCUT2D eigenvalue weighted by Gasteiger charge is 2.63. The van der Waals surface area contributed by atoms with Gasteiger partial charge in [0, 0.05) is 25.5 Å². The monoisotopic (exact) mass is 357 g/mol. The van der Waals surface area contributed by atoms with E-state index in [0.29, 0.717) is 30.0 Å². The van der Waals surface area contributed by atoms with Crippen LogP contribution < -0.4 is 0 Å². The summed E-state index contributed by atoms with van der Waals surface area (Å²) < 4.78 is 5.58. The van der Waals surface area contributed by atoms with E-state index in [1.165, 1.54) is 5.57 Å². The third-order valence-electron chi connectivity index (χ3n) is 8.74. The first-order valence-corrected chi connectivity index (χ1v) is 10.2. The minimum Gasteiger partial charge on any atom is -0.390 e. The number of carbonyl (C=O) groups excluding carboxylic acids is 1. The maximum Gasteiger partial charge on any atom is 0.137 e. The molecule has 8 atom stereocenters. The van der Waals surface area contributed by atoms with Crippen LogP contribution in [0.25, 0.3) is 0 Å². The number of nitrogens with zero attached hydrogens (tertiary/aromatic N) is 1. The first kappa shape index (κ1) is 18.2. The van der Waals surface area contributed by atoms with Crippen LogP contribution in [0.1, 0.15) is 58.8 Å². The molecule has 4 heteroatoms. The number of hydrogen-bond donors (Lipinski definition) is 1. The van der Waals surface area contributed by atoms with E-state index >= 15 is 0 Å². The van der Waals surface area contributed by atoms with E-state index in [9.17, 15) is 9.90 Å². The lowest BCUT2D eigenvalue weighted by molar-refractivity contribution is -0.173. The number of carbonyl (C=O) groups is 1. The third kappa shape index (κ3) is 2.36. The molecule has 0 unspecified atom stereocenters. The summed E-state index contributed by atoms with van der Waals surface area (Å²) in [6.45, 7) is 4.51. The summed E-state index contributed by atoms with van der Waals surface area (Å²) in [5.41, 5.74) is 1.01. The third-order valence-corrected chi connectivity index (χ3v) is 8.74. The first-order valence-electron chi connectivity index (χ1n) is 10.2. The maximum absolute atomic E-state index is 13.4. The predicted octanol–water partition coefficient (Wildman–Crippen LogP) is 3.64. The molecular weight excluding hydrogens is 326 g/mol. The molecule has 0 aromatic carbocycles. The van der Waals surface area contributed by atoms with Crippen LogP contribution in [0.2, 0.25) is 0 Å². The van der Waals surface area contributed by atoms with E-state index in [2.05, 4.69) is 19.9 Å². The Morgan fingerprint density at radius 2 is 2.08 bits per heavy atom. The number of aliphatic hydroxyl groups is 1. The van der Waals surface area contributed by atoms with Crippen molar-refractivity contribution in [2.24, 2.45) is 34.5 Å². The number of ketones is 1. The zero-order chi connectivity index (χ0) is 18.7. The van der Waals surface area contributed by atoms with Gasteiger partial charge < -0.3 is 9.84 Å². The summed E-state index contributed by atoms with van der Waals surface area (Å²) in [5, 5.41) is 19.6. The Balaban J connectivity index is 1.70. The summed E-state index contributed by atoms with van der Waals surface area (Å²) in [7, 11) is 1.67. The number of aliphatic hydroxyl groups excluding tert-OH is 1. The molecular formula is C22H31NO3. The van der Waals surface area contributed by atoms with Crippen molar-refractivity contribution >= 4 is 5.78 Å². The van der Waals surface area contributed by atoms with Crippen molar-refractivity contribution in [3.63, 3.8) is 0 Å². The second-order valence-corrected chi connectivity index (χ2v) is 9.71. The summed E-state index contributed by atoms with van der Waals surface area (Å²) in [6, 6.07) is 2.21. The largest absolute Gasteiger partial charge is 0.390 e. The maximum atomic E-state index is 13.4. The standard InChI is InChI=1S/C22H31NO3/c1-21-11-18(25)20-15(16(21)7-5-13(21)8-9-23)6-4-14-10-17(24)19(26-3)12-22(14,20)2/h8,14-17,19-20,24H,4-7,10-12H2,1-3H3/b13-8+/t14-,15-,16-,17-,19-,20+,21+,22-/m0/s1. The lowest BCUT2D eigenvalue weighted by Crippen LogP contribution is -2.59. The second kappa shape index (κ2) is 6.17. The van der Waals surface area contributed by atoms with Gasteiger partial charge >= 0.3 is 0 Å². The number of hydrogen-bond acceptors (Lipinski definition) is 4. The van der Waals surface area contributed by atoms with Gasteiger partial charge in [-0.15, -0.1) is 0 Å². The molecule has 0 heterocycles. The highest BCUT2D eigenvalue weighted by atomic mass is 16.5. The molecule has 4 aliphatic carbocycles. The van der Waals surface area contributed by atoms with Gasteiger partial charge in [-0.1, -0.05) is 19.4 Å². The van der Waals surface area contributed by atoms with Gasteiger partial charge in [-0.25, -0.2) is 0 Å². The van der Waals surface area contributed by atoms with Crippen LogP contribution in [0.15, 0.2) is 11.6 Å². The Morgan fingerprint density at radius 3 is 2.77 bits per heavy atom. The van der Waals surface area contributed by atoms with Gasteiger partial charge in [0.05, 0.1) is 18.3 Å². The molecule has 0 spiro atoms. The van der Waals surface area contributed by atoms with E-state index in [1.54, 1.807) is 13.2 Å². The molecule has 4 aliphatic rings. The Hall–Kier alpha value is -1.18. The van der Waals surface area contributed by atoms with Gasteiger partial charge in [0.1, 0.15) is 5.78 Å². The molecule has 0 aromatic heterocycles. The molecule has 0 amide bonds. The fourth-order valence-corrected chi connectivity index (χ4v) is 7.48.